The lowest BCUT2D eigenvalue weighted by Gasteiger charge is -2.23. The highest BCUT2D eigenvalue weighted by atomic mass is 16.5. The number of aromatic nitrogens is 1. The Balaban J connectivity index is 2.06. The van der Waals surface area contributed by atoms with Gasteiger partial charge in [-0.2, -0.15) is 4.98 Å². The summed E-state index contributed by atoms with van der Waals surface area (Å²) in [5.74, 6) is 1.05. The zero-order chi connectivity index (χ0) is 11.4. The summed E-state index contributed by atoms with van der Waals surface area (Å²) in [6.45, 7) is 0. The molecule has 0 atom stereocenters. The van der Waals surface area contributed by atoms with E-state index in [2.05, 4.69) is 4.98 Å². The van der Waals surface area contributed by atoms with Gasteiger partial charge in [-0.1, -0.05) is 6.42 Å². The van der Waals surface area contributed by atoms with Crippen LogP contribution in [0.15, 0.2) is 12.1 Å². The molecule has 0 amide bonds. The van der Waals surface area contributed by atoms with E-state index in [-0.39, 0.29) is 6.10 Å². The third-order valence-corrected chi connectivity index (χ3v) is 2.90. The van der Waals surface area contributed by atoms with Crippen LogP contribution < -0.4 is 15.2 Å². The molecule has 88 valence electrons. The molecule has 1 saturated carbocycles. The molecule has 1 aliphatic carbocycles. The fourth-order valence-electron chi connectivity index (χ4n) is 1.98. The Morgan fingerprint density at radius 1 is 1.25 bits per heavy atom. The van der Waals surface area contributed by atoms with Crippen molar-refractivity contribution in [3.8, 4) is 11.8 Å². The first-order valence-corrected chi connectivity index (χ1v) is 5.77. The fraction of sp³-hybridized carbons (Fsp3) is 0.583. The first-order chi connectivity index (χ1) is 7.79. The molecule has 0 spiro atoms. The fourth-order valence-corrected chi connectivity index (χ4v) is 1.98. The van der Waals surface area contributed by atoms with E-state index < -0.39 is 0 Å². The van der Waals surface area contributed by atoms with Gasteiger partial charge in [-0.15, -0.1) is 0 Å². The molecule has 1 aromatic rings. The van der Waals surface area contributed by atoms with Crippen LogP contribution in [0.5, 0.6) is 11.8 Å². The number of methoxy groups -OCH3 is 1. The first-order valence-electron chi connectivity index (χ1n) is 5.77. The van der Waals surface area contributed by atoms with Crippen molar-refractivity contribution in [3.63, 3.8) is 0 Å². The minimum absolute atomic E-state index is 0.260. The number of pyridine rings is 1. The molecule has 2 rings (SSSR count). The molecule has 0 bridgehead atoms. The topological polar surface area (TPSA) is 57.4 Å². The predicted octanol–water partition coefficient (Wildman–Crippen LogP) is 2.38. The number of ether oxygens (including phenoxy) is 2. The zero-order valence-electron chi connectivity index (χ0n) is 9.61. The third-order valence-electron chi connectivity index (χ3n) is 2.90. The summed E-state index contributed by atoms with van der Waals surface area (Å²) in [6, 6.07) is 3.51. The molecule has 16 heavy (non-hydrogen) atoms. The Kier molecular flexibility index (Phi) is 3.49. The maximum Gasteiger partial charge on any atom is 0.240 e. The van der Waals surface area contributed by atoms with Crippen molar-refractivity contribution in [2.75, 3.05) is 12.8 Å². The smallest absolute Gasteiger partial charge is 0.240 e. The van der Waals surface area contributed by atoms with Gasteiger partial charge in [-0.3, -0.25) is 0 Å². The average Bonchev–Trinajstić information content (AvgIpc) is 2.33. The van der Waals surface area contributed by atoms with Crippen molar-refractivity contribution in [3.05, 3.63) is 12.1 Å². The number of rotatable bonds is 3. The minimum Gasteiger partial charge on any atom is -0.481 e. The molecule has 0 aliphatic heterocycles. The number of anilines is 1. The summed E-state index contributed by atoms with van der Waals surface area (Å²) in [7, 11) is 1.59. The van der Waals surface area contributed by atoms with Gasteiger partial charge in [0.15, 0.2) is 0 Å². The molecule has 1 heterocycles. The van der Waals surface area contributed by atoms with Crippen molar-refractivity contribution >= 4 is 5.69 Å². The molecule has 0 unspecified atom stereocenters. The van der Waals surface area contributed by atoms with Crippen molar-refractivity contribution in [2.24, 2.45) is 0 Å². The van der Waals surface area contributed by atoms with Crippen LogP contribution in [0.3, 0.4) is 0 Å². The molecule has 0 saturated heterocycles. The van der Waals surface area contributed by atoms with Crippen LogP contribution in [0.2, 0.25) is 0 Å². The molecular weight excluding hydrogens is 204 g/mol. The highest BCUT2D eigenvalue weighted by molar-refractivity contribution is 5.49. The molecule has 1 aromatic heterocycles. The Morgan fingerprint density at radius 3 is 2.69 bits per heavy atom. The minimum atomic E-state index is 0.260. The summed E-state index contributed by atoms with van der Waals surface area (Å²) in [4.78, 5) is 4.22. The van der Waals surface area contributed by atoms with Crippen molar-refractivity contribution < 1.29 is 9.47 Å². The van der Waals surface area contributed by atoms with Gasteiger partial charge in [-0.05, 0) is 31.7 Å². The van der Waals surface area contributed by atoms with E-state index in [4.69, 9.17) is 15.2 Å². The lowest BCUT2D eigenvalue weighted by molar-refractivity contribution is 0.148. The van der Waals surface area contributed by atoms with E-state index in [1.165, 1.54) is 19.3 Å². The van der Waals surface area contributed by atoms with Gasteiger partial charge in [0.25, 0.3) is 0 Å². The molecular formula is C12H18N2O2. The van der Waals surface area contributed by atoms with Gasteiger partial charge in [-0.25, -0.2) is 0 Å². The van der Waals surface area contributed by atoms with Crippen LogP contribution >= 0.6 is 0 Å². The summed E-state index contributed by atoms with van der Waals surface area (Å²) in [5, 5.41) is 0. The summed E-state index contributed by atoms with van der Waals surface area (Å²) >= 11 is 0. The van der Waals surface area contributed by atoms with E-state index in [1.807, 2.05) is 0 Å². The van der Waals surface area contributed by atoms with Gasteiger partial charge < -0.3 is 15.2 Å². The molecule has 1 fully saturated rings. The molecule has 4 nitrogen and oxygen atoms in total. The summed E-state index contributed by atoms with van der Waals surface area (Å²) < 4.78 is 10.9. The number of nitrogen functional groups attached to an aromatic ring is 1. The summed E-state index contributed by atoms with van der Waals surface area (Å²) in [6.07, 6.45) is 6.22. The maximum atomic E-state index is 5.82. The van der Waals surface area contributed by atoms with Crippen molar-refractivity contribution in [2.45, 2.75) is 38.2 Å². The Bertz CT molecular complexity index is 349. The van der Waals surface area contributed by atoms with E-state index in [9.17, 15) is 0 Å². The van der Waals surface area contributed by atoms with Gasteiger partial charge >= 0.3 is 0 Å². The second kappa shape index (κ2) is 5.05. The van der Waals surface area contributed by atoms with Crippen LogP contribution in [0, 0.1) is 0 Å². The van der Waals surface area contributed by atoms with Gasteiger partial charge in [0, 0.05) is 6.07 Å². The van der Waals surface area contributed by atoms with Gasteiger partial charge in [0.2, 0.25) is 11.8 Å². The zero-order valence-corrected chi connectivity index (χ0v) is 9.61. The van der Waals surface area contributed by atoms with Crippen LogP contribution in [0.25, 0.3) is 0 Å². The van der Waals surface area contributed by atoms with E-state index >= 15 is 0 Å². The van der Waals surface area contributed by atoms with Crippen LogP contribution in [0.1, 0.15) is 32.1 Å². The standard InChI is InChI=1S/C12H18N2O2/c1-15-11-8-7-10(13)12(14-11)16-9-5-3-2-4-6-9/h7-9H,2-6,13H2,1H3. The van der Waals surface area contributed by atoms with Crippen molar-refractivity contribution in [1.29, 1.82) is 0 Å². The lowest BCUT2D eigenvalue weighted by atomic mass is 9.98. The van der Waals surface area contributed by atoms with E-state index in [0.29, 0.717) is 17.4 Å². The Hall–Kier alpha value is -1.45. The number of nitrogens with zero attached hydrogens (tertiary/aromatic N) is 1. The lowest BCUT2D eigenvalue weighted by Crippen LogP contribution is -2.20. The molecule has 0 radical (unpaired) electrons. The summed E-state index contributed by atoms with van der Waals surface area (Å²) in [5.41, 5.74) is 6.39. The number of hydrogen-bond acceptors (Lipinski definition) is 4. The second-order valence-corrected chi connectivity index (χ2v) is 4.13. The quantitative estimate of drug-likeness (QED) is 0.853. The molecule has 0 aromatic carbocycles. The largest absolute Gasteiger partial charge is 0.481 e. The first kappa shape index (κ1) is 11.0. The molecule has 1 aliphatic rings. The third kappa shape index (κ3) is 2.56. The van der Waals surface area contributed by atoms with Gasteiger partial charge in [0.05, 0.1) is 12.8 Å². The average molecular weight is 222 g/mol. The maximum absolute atomic E-state index is 5.82. The highest BCUT2D eigenvalue weighted by Crippen LogP contribution is 2.27. The van der Waals surface area contributed by atoms with Crippen LogP contribution in [0.4, 0.5) is 5.69 Å². The number of hydrogen-bond donors (Lipinski definition) is 1. The Labute approximate surface area is 95.8 Å². The van der Waals surface area contributed by atoms with E-state index in [1.54, 1.807) is 19.2 Å². The number of nitrogens with two attached hydrogens (primary N) is 1. The van der Waals surface area contributed by atoms with Crippen molar-refractivity contribution in [1.82, 2.24) is 4.98 Å². The second-order valence-electron chi connectivity index (χ2n) is 4.13. The normalized spacial score (nSPS) is 17.1. The molecule has 4 heteroatoms. The highest BCUT2D eigenvalue weighted by Gasteiger charge is 2.17. The monoisotopic (exact) mass is 222 g/mol. The SMILES string of the molecule is COc1ccc(N)c(OC2CCCCC2)n1. The Morgan fingerprint density at radius 2 is 2.00 bits per heavy atom. The molecule has 2 N–H and O–H groups in total. The van der Waals surface area contributed by atoms with Crippen LogP contribution in [-0.2, 0) is 0 Å². The predicted molar refractivity (Wildman–Crippen MR) is 62.7 cm³/mol. The van der Waals surface area contributed by atoms with E-state index in [0.717, 1.165) is 12.8 Å². The van der Waals surface area contributed by atoms with Gasteiger partial charge in [0.1, 0.15) is 6.10 Å². The van der Waals surface area contributed by atoms with Crippen LogP contribution in [-0.4, -0.2) is 18.2 Å².